The Labute approximate surface area is 161 Å². The number of imidazole rings is 1. The quantitative estimate of drug-likeness (QED) is 0.756. The Hall–Kier alpha value is -2.86. The molecule has 0 radical (unpaired) electrons. The van der Waals surface area contributed by atoms with Crippen LogP contribution in [0.3, 0.4) is 0 Å². The number of pyridine rings is 1. The molecule has 0 bridgehead atoms. The van der Waals surface area contributed by atoms with Crippen LogP contribution in [0.2, 0.25) is 5.02 Å². The molecule has 27 heavy (non-hydrogen) atoms. The van der Waals surface area contributed by atoms with Crippen LogP contribution in [-0.4, -0.2) is 20.0 Å². The van der Waals surface area contributed by atoms with Crippen LogP contribution in [0.1, 0.15) is 12.1 Å². The molecule has 4 rings (SSSR count). The number of amides is 1. The zero-order valence-electron chi connectivity index (χ0n) is 14.9. The number of carbonyl (C=O) groups is 1. The van der Waals surface area contributed by atoms with E-state index in [4.69, 9.17) is 11.6 Å². The van der Waals surface area contributed by atoms with Gasteiger partial charge in [0.1, 0.15) is 10.8 Å². The summed E-state index contributed by atoms with van der Waals surface area (Å²) >= 11 is 5.92. The largest absolute Gasteiger partial charge is 0.328 e. The van der Waals surface area contributed by atoms with Crippen molar-refractivity contribution in [3.05, 3.63) is 69.9 Å². The minimum absolute atomic E-state index is 0.0709. The third kappa shape index (κ3) is 3.40. The molecule has 3 heterocycles. The first-order valence-electron chi connectivity index (χ1n) is 8.80. The maximum atomic E-state index is 12.7. The maximum absolute atomic E-state index is 12.7. The lowest BCUT2D eigenvalue weighted by Crippen LogP contribution is -2.30. The summed E-state index contributed by atoms with van der Waals surface area (Å²) in [5.74, 6) is 0.724. The third-order valence-corrected chi connectivity index (χ3v) is 5.18. The number of aryl methyl sites for hydroxylation is 1. The summed E-state index contributed by atoms with van der Waals surface area (Å²) in [6.45, 7) is 0.742. The molecule has 1 aliphatic heterocycles. The van der Waals surface area contributed by atoms with E-state index in [2.05, 4.69) is 14.9 Å². The third-order valence-electron chi connectivity index (χ3n) is 4.90. The number of halogens is 1. The van der Waals surface area contributed by atoms with Gasteiger partial charge in [0.15, 0.2) is 0 Å². The lowest BCUT2D eigenvalue weighted by Gasteiger charge is -2.24. The fourth-order valence-corrected chi connectivity index (χ4v) is 3.74. The molecule has 1 aliphatic rings. The predicted molar refractivity (Wildman–Crippen MR) is 105 cm³/mol. The van der Waals surface area contributed by atoms with Crippen LogP contribution in [0.25, 0.3) is 11.4 Å². The Kier molecular flexibility index (Phi) is 4.58. The minimum Gasteiger partial charge on any atom is -0.328 e. The van der Waals surface area contributed by atoms with Crippen LogP contribution >= 0.6 is 11.6 Å². The van der Waals surface area contributed by atoms with E-state index in [1.165, 1.54) is 10.6 Å². The molecule has 0 unspecified atom stereocenters. The number of aromatic nitrogens is 3. The molecule has 3 aromatic rings. The molecule has 0 fully saturated rings. The summed E-state index contributed by atoms with van der Waals surface area (Å²) in [6.07, 6.45) is 4.79. The SMILES string of the molecule is Cn1cc(NC(=O)[C@H]2CCn3c(cnc3-c3ccccc3)C2)cc(Cl)c1=O. The zero-order valence-corrected chi connectivity index (χ0v) is 15.6. The van der Waals surface area contributed by atoms with E-state index in [-0.39, 0.29) is 22.4 Å². The molecule has 0 saturated carbocycles. The van der Waals surface area contributed by atoms with Gasteiger partial charge in [0.05, 0.1) is 5.69 Å². The molecule has 2 aromatic heterocycles. The second-order valence-corrected chi connectivity index (χ2v) is 7.17. The van der Waals surface area contributed by atoms with E-state index in [1.54, 1.807) is 13.2 Å². The second-order valence-electron chi connectivity index (χ2n) is 6.76. The maximum Gasteiger partial charge on any atom is 0.269 e. The highest BCUT2D eigenvalue weighted by atomic mass is 35.5. The Morgan fingerprint density at radius 2 is 2.07 bits per heavy atom. The van der Waals surface area contributed by atoms with Gasteiger partial charge >= 0.3 is 0 Å². The fraction of sp³-hybridized carbons (Fsp3) is 0.250. The molecule has 0 aliphatic carbocycles. The molecular formula is C20H19ClN4O2. The fourth-order valence-electron chi connectivity index (χ4n) is 3.49. The number of fused-ring (bicyclic) bond motifs is 1. The normalized spacial score (nSPS) is 16.0. The van der Waals surface area contributed by atoms with Gasteiger partial charge in [-0.05, 0) is 12.5 Å². The number of anilines is 1. The summed E-state index contributed by atoms with van der Waals surface area (Å²) in [6, 6.07) is 11.5. The smallest absolute Gasteiger partial charge is 0.269 e. The Morgan fingerprint density at radius 1 is 1.30 bits per heavy atom. The Bertz CT molecular complexity index is 1030. The first-order chi connectivity index (χ1) is 13.0. The van der Waals surface area contributed by atoms with Gasteiger partial charge in [-0.2, -0.15) is 0 Å². The van der Waals surface area contributed by atoms with E-state index < -0.39 is 0 Å². The van der Waals surface area contributed by atoms with Crippen LogP contribution in [0.15, 0.2) is 53.6 Å². The van der Waals surface area contributed by atoms with Gasteiger partial charge in [-0.1, -0.05) is 41.9 Å². The van der Waals surface area contributed by atoms with Crippen molar-refractivity contribution in [2.75, 3.05) is 5.32 Å². The standard InChI is InChI=1S/C20H19ClN4O2/c1-24-12-15(10-17(21)20(24)27)23-19(26)14-7-8-25-16(9-14)11-22-18(25)13-5-3-2-4-6-13/h2-6,10-12,14H,7-9H2,1H3,(H,23,26)/t14-/m0/s1. The number of carbonyl (C=O) groups excluding carboxylic acids is 1. The van der Waals surface area contributed by atoms with Crippen molar-refractivity contribution in [2.24, 2.45) is 13.0 Å². The number of rotatable bonds is 3. The second kappa shape index (κ2) is 7.04. The van der Waals surface area contributed by atoms with Crippen molar-refractivity contribution in [3.63, 3.8) is 0 Å². The lowest BCUT2D eigenvalue weighted by atomic mass is 9.95. The molecule has 6 nitrogen and oxygen atoms in total. The Morgan fingerprint density at radius 3 is 2.81 bits per heavy atom. The monoisotopic (exact) mass is 382 g/mol. The summed E-state index contributed by atoms with van der Waals surface area (Å²) in [5.41, 5.74) is 2.37. The predicted octanol–water partition coefficient (Wildman–Crippen LogP) is 3.10. The van der Waals surface area contributed by atoms with Gasteiger partial charge in [0.2, 0.25) is 5.91 Å². The van der Waals surface area contributed by atoms with Crippen LogP contribution in [0.5, 0.6) is 0 Å². The molecule has 0 saturated heterocycles. The number of nitrogens with one attached hydrogen (secondary N) is 1. The van der Waals surface area contributed by atoms with Gasteiger partial charge in [-0.15, -0.1) is 0 Å². The first-order valence-corrected chi connectivity index (χ1v) is 9.17. The van der Waals surface area contributed by atoms with Gasteiger partial charge < -0.3 is 14.5 Å². The molecule has 1 atom stereocenters. The molecule has 7 heteroatoms. The van der Waals surface area contributed by atoms with Crippen molar-refractivity contribution >= 4 is 23.2 Å². The summed E-state index contributed by atoms with van der Waals surface area (Å²) in [5, 5.41) is 2.96. The highest BCUT2D eigenvalue weighted by Gasteiger charge is 2.27. The van der Waals surface area contributed by atoms with Gasteiger partial charge in [-0.25, -0.2) is 4.98 Å². The molecule has 1 amide bonds. The van der Waals surface area contributed by atoms with Crippen molar-refractivity contribution in [1.29, 1.82) is 0 Å². The van der Waals surface area contributed by atoms with Crippen LogP contribution in [0, 0.1) is 5.92 Å². The van der Waals surface area contributed by atoms with Crippen molar-refractivity contribution in [3.8, 4) is 11.4 Å². The molecule has 1 N–H and O–H groups in total. The molecule has 1 aromatic carbocycles. The molecular weight excluding hydrogens is 364 g/mol. The molecule has 138 valence electrons. The minimum atomic E-state index is -0.287. The number of benzene rings is 1. The van der Waals surface area contributed by atoms with Crippen molar-refractivity contribution in [1.82, 2.24) is 14.1 Å². The Balaban J connectivity index is 1.51. The van der Waals surface area contributed by atoms with Gasteiger partial charge in [-0.3, -0.25) is 9.59 Å². The highest BCUT2D eigenvalue weighted by molar-refractivity contribution is 6.30. The van der Waals surface area contributed by atoms with Crippen LogP contribution < -0.4 is 10.9 Å². The average molecular weight is 383 g/mol. The van der Waals surface area contributed by atoms with E-state index in [0.29, 0.717) is 12.1 Å². The summed E-state index contributed by atoms with van der Waals surface area (Å²) in [7, 11) is 1.61. The van der Waals surface area contributed by atoms with E-state index >= 15 is 0 Å². The van der Waals surface area contributed by atoms with Gasteiger partial charge in [0.25, 0.3) is 5.56 Å². The van der Waals surface area contributed by atoms with Crippen LogP contribution in [-0.2, 0) is 24.8 Å². The van der Waals surface area contributed by atoms with Gasteiger partial charge in [0, 0.05) is 49.6 Å². The zero-order chi connectivity index (χ0) is 19.0. The first kappa shape index (κ1) is 17.5. The summed E-state index contributed by atoms with van der Waals surface area (Å²) in [4.78, 5) is 28.9. The van der Waals surface area contributed by atoms with E-state index in [0.717, 1.165) is 30.0 Å². The number of hydrogen-bond donors (Lipinski definition) is 1. The van der Waals surface area contributed by atoms with E-state index in [1.807, 2.05) is 36.5 Å². The van der Waals surface area contributed by atoms with Crippen molar-refractivity contribution in [2.45, 2.75) is 19.4 Å². The lowest BCUT2D eigenvalue weighted by molar-refractivity contribution is -0.120. The van der Waals surface area contributed by atoms with Crippen LogP contribution in [0.4, 0.5) is 5.69 Å². The van der Waals surface area contributed by atoms with E-state index in [9.17, 15) is 9.59 Å². The number of nitrogens with zero attached hydrogens (tertiary/aromatic N) is 3. The topological polar surface area (TPSA) is 68.9 Å². The molecule has 0 spiro atoms. The number of hydrogen-bond acceptors (Lipinski definition) is 3. The van der Waals surface area contributed by atoms with Crippen molar-refractivity contribution < 1.29 is 4.79 Å². The summed E-state index contributed by atoms with van der Waals surface area (Å²) < 4.78 is 3.54. The average Bonchev–Trinajstić information content (AvgIpc) is 3.10. The highest BCUT2D eigenvalue weighted by Crippen LogP contribution is 2.28.